The topological polar surface area (TPSA) is 6.48 Å². The number of fused-ring (bicyclic) bond motifs is 11. The number of hydrogen-bond donors (Lipinski definition) is 0. The van der Waals surface area contributed by atoms with Gasteiger partial charge in [0.05, 0.1) is 5.69 Å². The molecule has 0 bridgehead atoms. The van der Waals surface area contributed by atoms with Gasteiger partial charge in [-0.15, -0.1) is 11.3 Å². The summed E-state index contributed by atoms with van der Waals surface area (Å²) in [5.74, 6) is 0. The van der Waals surface area contributed by atoms with Gasteiger partial charge in [-0.1, -0.05) is 185 Å². The Balaban J connectivity index is 1.27. The van der Waals surface area contributed by atoms with Crippen LogP contribution in [0.1, 0.15) is 104 Å². The predicted molar refractivity (Wildman–Crippen MR) is 292 cm³/mol. The minimum atomic E-state index is -0.182. The Kier molecular flexibility index (Phi) is 8.99. The normalized spacial score (nSPS) is 14.8. The summed E-state index contributed by atoms with van der Waals surface area (Å²) in [6.45, 7) is 25.7. The molecule has 4 heteroatoms. The van der Waals surface area contributed by atoms with E-state index in [9.17, 15) is 0 Å². The smallest absolute Gasteiger partial charge is 0.333 e. The maximum absolute atomic E-state index is 2.72. The fourth-order valence-electron chi connectivity index (χ4n) is 11.6. The lowest BCUT2D eigenvalue weighted by molar-refractivity contribution is 0.590. The lowest BCUT2D eigenvalue weighted by Crippen LogP contribution is -2.61. The number of thiophene rings is 1. The third-order valence-corrected chi connectivity index (χ3v) is 16.5. The highest BCUT2D eigenvalue weighted by molar-refractivity contribution is 7.26. The van der Waals surface area contributed by atoms with Crippen molar-refractivity contribution in [3.05, 3.63) is 186 Å². The Morgan fingerprint density at radius 3 is 1.84 bits per heavy atom. The second kappa shape index (κ2) is 14.3. The van der Waals surface area contributed by atoms with Gasteiger partial charge in [0, 0.05) is 65.0 Å². The molecule has 1 aromatic heterocycles. The molecule has 0 amide bonds. The van der Waals surface area contributed by atoms with E-state index >= 15 is 0 Å². The van der Waals surface area contributed by atoms with E-state index in [-0.39, 0.29) is 28.5 Å². The molecule has 330 valence electrons. The molecule has 0 fully saturated rings. The van der Waals surface area contributed by atoms with Crippen molar-refractivity contribution < 1.29 is 0 Å². The van der Waals surface area contributed by atoms with Crippen molar-refractivity contribution in [2.24, 2.45) is 0 Å². The third kappa shape index (κ3) is 6.28. The molecule has 0 saturated heterocycles. The minimum Gasteiger partial charge on any atom is -0.376 e. The number of anilines is 5. The van der Waals surface area contributed by atoms with Gasteiger partial charge in [0.25, 0.3) is 0 Å². The van der Waals surface area contributed by atoms with Crippen molar-refractivity contribution >= 4 is 77.7 Å². The van der Waals surface area contributed by atoms with Crippen LogP contribution in [-0.4, -0.2) is 6.85 Å². The summed E-state index contributed by atoms with van der Waals surface area (Å²) >= 11 is 1.95. The van der Waals surface area contributed by atoms with E-state index in [0.717, 1.165) is 0 Å². The van der Waals surface area contributed by atoms with Crippen molar-refractivity contribution in [1.29, 1.82) is 0 Å². The van der Waals surface area contributed by atoms with Crippen LogP contribution in [0.15, 0.2) is 158 Å². The van der Waals surface area contributed by atoms with Crippen LogP contribution in [0.25, 0.3) is 53.6 Å². The van der Waals surface area contributed by atoms with Gasteiger partial charge in [0.15, 0.2) is 0 Å². The Morgan fingerprint density at radius 2 is 1.10 bits per heavy atom. The highest BCUT2D eigenvalue weighted by Crippen LogP contribution is 2.56. The Morgan fingerprint density at radius 1 is 0.463 bits per heavy atom. The molecule has 8 aromatic carbocycles. The minimum absolute atomic E-state index is 0.0301. The average molecular weight is 887 g/mol. The van der Waals surface area contributed by atoms with Gasteiger partial charge in [0.2, 0.25) is 0 Å². The molecular formula is C63H59BN2S. The van der Waals surface area contributed by atoms with Gasteiger partial charge < -0.3 is 9.71 Å². The fraction of sp³-hybridized carbons (Fsp3) is 0.238. The van der Waals surface area contributed by atoms with Gasteiger partial charge in [-0.3, -0.25) is 0 Å². The highest BCUT2D eigenvalue weighted by Gasteiger charge is 2.49. The summed E-state index contributed by atoms with van der Waals surface area (Å²) in [6, 6.07) is 61.3. The maximum atomic E-state index is 2.72. The zero-order valence-corrected chi connectivity index (χ0v) is 41.7. The van der Waals surface area contributed by atoms with Gasteiger partial charge in [-0.05, 0) is 120 Å². The Labute approximate surface area is 402 Å². The molecular weight excluding hydrogens is 828 g/mol. The molecule has 0 radical (unpaired) electrons. The van der Waals surface area contributed by atoms with Gasteiger partial charge >= 0.3 is 6.85 Å². The van der Waals surface area contributed by atoms with E-state index in [1.54, 1.807) is 0 Å². The first-order valence-electron chi connectivity index (χ1n) is 24.2. The molecule has 3 heterocycles. The van der Waals surface area contributed by atoms with Crippen LogP contribution in [0, 0.1) is 0 Å². The summed E-state index contributed by atoms with van der Waals surface area (Å²) in [6.07, 6.45) is 0. The van der Waals surface area contributed by atoms with Crippen LogP contribution in [0.4, 0.5) is 28.4 Å². The summed E-state index contributed by atoms with van der Waals surface area (Å²) in [5, 5.41) is 2.63. The first-order valence-corrected chi connectivity index (χ1v) is 25.0. The molecule has 1 aliphatic carbocycles. The number of hydrogen-bond acceptors (Lipinski definition) is 3. The van der Waals surface area contributed by atoms with Crippen molar-refractivity contribution in [2.75, 3.05) is 9.71 Å². The first kappa shape index (κ1) is 42.0. The molecule has 0 N–H and O–H groups in total. The van der Waals surface area contributed by atoms with E-state index < -0.39 is 0 Å². The zero-order valence-electron chi connectivity index (χ0n) is 40.9. The third-order valence-electron chi connectivity index (χ3n) is 15.3. The lowest BCUT2D eigenvalue weighted by Gasteiger charge is -2.47. The molecule has 2 aliphatic heterocycles. The molecule has 0 saturated carbocycles. The molecule has 0 spiro atoms. The lowest BCUT2D eigenvalue weighted by atomic mass is 9.43. The van der Waals surface area contributed by atoms with E-state index in [4.69, 9.17) is 0 Å². The largest absolute Gasteiger partial charge is 0.376 e. The number of rotatable bonds is 3. The summed E-state index contributed by atoms with van der Waals surface area (Å²) < 4.78 is 2.68. The standard InChI is InChI=1S/C63H59BN2S/c1-60(2,3)39-25-29-42(30-26-39)66-53-34-41(62(7,8)9)27-31-45(53)57-58-55(36-48-44-22-16-18-24-56(44)67-59(48)57)65(52-32-28-40(61(4,5)6)33-46(52)38-19-13-12-14-20-38)54-35-47-43-21-15-17-23-49(43)63(10,11)50(47)37-51(54)64(58)66/h12-37H,1-11H3. The van der Waals surface area contributed by atoms with Gasteiger partial charge in [-0.2, -0.15) is 0 Å². The van der Waals surface area contributed by atoms with E-state index in [0.29, 0.717) is 0 Å². The number of nitrogens with zero attached hydrogens (tertiary/aromatic N) is 2. The maximum Gasteiger partial charge on any atom is 0.333 e. The van der Waals surface area contributed by atoms with Crippen LogP contribution < -0.4 is 20.6 Å². The summed E-state index contributed by atoms with van der Waals surface area (Å²) in [5.41, 5.74) is 23.2. The second-order valence-electron chi connectivity index (χ2n) is 23.0. The van der Waals surface area contributed by atoms with Gasteiger partial charge in [-0.25, -0.2) is 0 Å². The monoisotopic (exact) mass is 886 g/mol. The summed E-state index contributed by atoms with van der Waals surface area (Å²) in [4.78, 5) is 5.40. The predicted octanol–water partition coefficient (Wildman–Crippen LogP) is 16.6. The van der Waals surface area contributed by atoms with Crippen LogP contribution in [0.3, 0.4) is 0 Å². The molecule has 3 aliphatic rings. The van der Waals surface area contributed by atoms with Crippen LogP contribution in [-0.2, 0) is 21.7 Å². The fourth-order valence-corrected chi connectivity index (χ4v) is 12.8. The summed E-state index contributed by atoms with van der Waals surface area (Å²) in [7, 11) is 0. The van der Waals surface area contributed by atoms with E-state index in [2.05, 4.69) is 244 Å². The molecule has 9 aromatic rings. The van der Waals surface area contributed by atoms with Crippen molar-refractivity contribution in [3.8, 4) is 33.4 Å². The van der Waals surface area contributed by atoms with E-state index in [1.807, 2.05) is 11.3 Å². The van der Waals surface area contributed by atoms with Crippen LogP contribution >= 0.6 is 11.3 Å². The van der Waals surface area contributed by atoms with E-state index in [1.165, 1.54) is 121 Å². The van der Waals surface area contributed by atoms with Crippen molar-refractivity contribution in [1.82, 2.24) is 0 Å². The molecule has 0 unspecified atom stereocenters. The highest BCUT2D eigenvalue weighted by atomic mass is 32.1. The van der Waals surface area contributed by atoms with Crippen LogP contribution in [0.2, 0.25) is 0 Å². The Hall–Kier alpha value is -6.36. The first-order chi connectivity index (χ1) is 31.9. The van der Waals surface area contributed by atoms with Crippen molar-refractivity contribution in [2.45, 2.75) is 97.8 Å². The Bertz CT molecular complexity index is 3500. The average Bonchev–Trinajstić information content (AvgIpc) is 3.78. The molecule has 2 nitrogen and oxygen atoms in total. The van der Waals surface area contributed by atoms with Crippen LogP contribution in [0.5, 0.6) is 0 Å². The molecule has 67 heavy (non-hydrogen) atoms. The second-order valence-corrected chi connectivity index (χ2v) is 24.1. The molecule has 0 atom stereocenters. The zero-order chi connectivity index (χ0) is 46.5. The molecule has 12 rings (SSSR count). The van der Waals surface area contributed by atoms with Crippen molar-refractivity contribution in [3.63, 3.8) is 0 Å². The SMILES string of the molecule is CC(C)(C)c1ccc(N2B3c4cc5c(cc4N(c4ccc(C(C)(C)C)cc4-c4ccccc4)c4cc6c(sc7ccccc76)c(c43)-c3ccc(C(C)(C)C)cc32)-c2ccccc2C5(C)C)cc1. The quantitative estimate of drug-likeness (QED) is 0.163. The number of benzene rings is 8. The van der Waals surface area contributed by atoms with Gasteiger partial charge in [0.1, 0.15) is 0 Å².